The Bertz CT molecular complexity index is 1430. The maximum Gasteiger partial charge on any atom is 0.272 e. The number of hydrogen-bond donors (Lipinski definition) is 2. The van der Waals surface area contributed by atoms with Crippen LogP contribution in [0.2, 0.25) is 0 Å². The van der Waals surface area contributed by atoms with Gasteiger partial charge in [-0.05, 0) is 60.8 Å². The number of ketones is 1. The summed E-state index contributed by atoms with van der Waals surface area (Å²) in [6.07, 6.45) is 1.60. The number of thiophene rings is 1. The van der Waals surface area contributed by atoms with Gasteiger partial charge in [0.2, 0.25) is 0 Å². The summed E-state index contributed by atoms with van der Waals surface area (Å²) >= 11 is 2.82. The second kappa shape index (κ2) is 13.4. The predicted octanol–water partition coefficient (Wildman–Crippen LogP) is 6.53. The van der Waals surface area contributed by atoms with Crippen molar-refractivity contribution in [1.29, 1.82) is 0 Å². The van der Waals surface area contributed by atoms with Crippen LogP contribution in [-0.2, 0) is 4.79 Å². The van der Waals surface area contributed by atoms with Gasteiger partial charge in [-0.3, -0.25) is 14.4 Å². The van der Waals surface area contributed by atoms with Crippen LogP contribution in [-0.4, -0.2) is 30.0 Å². The Hall–Kier alpha value is -4.14. The molecule has 2 N–H and O–H groups in total. The Morgan fingerprint density at radius 3 is 2.47 bits per heavy atom. The van der Waals surface area contributed by atoms with Gasteiger partial charge in [0, 0.05) is 21.7 Å². The van der Waals surface area contributed by atoms with Crippen LogP contribution < -0.4 is 15.4 Å². The van der Waals surface area contributed by atoms with Crippen molar-refractivity contribution in [3.8, 4) is 5.75 Å². The normalized spacial score (nSPS) is 11.0. The molecule has 0 aliphatic rings. The maximum absolute atomic E-state index is 13.4. The summed E-state index contributed by atoms with van der Waals surface area (Å²) in [6.45, 7) is 2.34. The first kappa shape index (κ1) is 26.9. The topological polar surface area (TPSA) is 84.5 Å². The minimum atomic E-state index is -0.489. The van der Waals surface area contributed by atoms with E-state index in [4.69, 9.17) is 4.74 Å². The number of amides is 2. The number of anilines is 1. The van der Waals surface area contributed by atoms with E-state index in [-0.39, 0.29) is 11.5 Å². The van der Waals surface area contributed by atoms with Crippen LogP contribution in [0.25, 0.3) is 6.08 Å². The van der Waals surface area contributed by atoms with Crippen molar-refractivity contribution in [3.05, 3.63) is 118 Å². The second-order valence-electron chi connectivity index (χ2n) is 8.02. The molecule has 1 aromatic heterocycles. The number of hydrogen-bond acceptors (Lipinski definition) is 6. The predicted molar refractivity (Wildman–Crippen MR) is 154 cm³/mol. The zero-order valence-electron chi connectivity index (χ0n) is 20.7. The van der Waals surface area contributed by atoms with E-state index >= 15 is 0 Å². The molecule has 192 valence electrons. The highest BCUT2D eigenvalue weighted by Crippen LogP contribution is 2.25. The molecule has 1 heterocycles. The molecule has 0 unspecified atom stereocenters. The summed E-state index contributed by atoms with van der Waals surface area (Å²) in [5.74, 6) is 0.0590. The molecule has 3 aromatic carbocycles. The van der Waals surface area contributed by atoms with E-state index < -0.39 is 11.8 Å². The molecule has 0 aliphatic carbocycles. The van der Waals surface area contributed by atoms with Crippen molar-refractivity contribution < 1.29 is 19.1 Å². The molecule has 0 aliphatic heterocycles. The third kappa shape index (κ3) is 7.44. The molecule has 0 saturated carbocycles. The van der Waals surface area contributed by atoms with Crippen LogP contribution in [0.1, 0.15) is 32.5 Å². The molecule has 8 heteroatoms. The van der Waals surface area contributed by atoms with Gasteiger partial charge >= 0.3 is 0 Å². The lowest BCUT2D eigenvalue weighted by atomic mass is 10.1. The van der Waals surface area contributed by atoms with Gasteiger partial charge in [0.25, 0.3) is 11.8 Å². The number of carbonyl (C=O) groups excluding carboxylic acids is 3. The van der Waals surface area contributed by atoms with Crippen molar-refractivity contribution in [2.45, 2.75) is 11.8 Å². The quantitative estimate of drug-likeness (QED) is 0.128. The van der Waals surface area contributed by atoms with E-state index in [1.807, 2.05) is 66.9 Å². The van der Waals surface area contributed by atoms with Crippen molar-refractivity contribution in [2.24, 2.45) is 0 Å². The number of carbonyl (C=O) groups is 3. The summed E-state index contributed by atoms with van der Waals surface area (Å²) in [6, 6.07) is 26.9. The van der Waals surface area contributed by atoms with Gasteiger partial charge in [-0.2, -0.15) is 0 Å². The highest BCUT2D eigenvalue weighted by molar-refractivity contribution is 8.00. The first-order chi connectivity index (χ1) is 18.5. The minimum Gasteiger partial charge on any atom is -0.493 e. The van der Waals surface area contributed by atoms with Gasteiger partial charge < -0.3 is 15.4 Å². The van der Waals surface area contributed by atoms with Gasteiger partial charge in [0.05, 0.1) is 17.2 Å². The largest absolute Gasteiger partial charge is 0.493 e. The second-order valence-corrected chi connectivity index (χ2v) is 10.0. The highest BCUT2D eigenvalue weighted by Gasteiger charge is 2.16. The van der Waals surface area contributed by atoms with E-state index in [9.17, 15) is 14.4 Å². The van der Waals surface area contributed by atoms with E-state index in [0.29, 0.717) is 34.9 Å². The molecule has 0 atom stereocenters. The Morgan fingerprint density at radius 1 is 0.921 bits per heavy atom. The van der Waals surface area contributed by atoms with E-state index in [2.05, 4.69) is 10.6 Å². The van der Waals surface area contributed by atoms with Crippen molar-refractivity contribution >= 4 is 52.5 Å². The summed E-state index contributed by atoms with van der Waals surface area (Å²) in [5, 5.41) is 7.49. The smallest absolute Gasteiger partial charge is 0.272 e. The summed E-state index contributed by atoms with van der Waals surface area (Å²) < 4.78 is 5.70. The van der Waals surface area contributed by atoms with Crippen LogP contribution >= 0.6 is 23.1 Å². The molecular weight excluding hydrogens is 516 g/mol. The fourth-order valence-corrected chi connectivity index (χ4v) is 5.10. The van der Waals surface area contributed by atoms with Gasteiger partial charge in [0.15, 0.2) is 5.78 Å². The molecule has 2 amide bonds. The number of para-hydroxylation sites is 1. The fraction of sp³-hybridized carbons (Fsp3) is 0.100. The molecular formula is C30H26N2O4S2. The van der Waals surface area contributed by atoms with E-state index in [1.54, 1.807) is 42.5 Å². The Kier molecular flexibility index (Phi) is 9.50. The molecule has 0 bridgehead atoms. The molecule has 0 fully saturated rings. The summed E-state index contributed by atoms with van der Waals surface area (Å²) in [7, 11) is 0. The number of nitrogens with one attached hydrogen (secondary N) is 2. The van der Waals surface area contributed by atoms with Gasteiger partial charge in [0.1, 0.15) is 11.4 Å². The van der Waals surface area contributed by atoms with E-state index in [0.717, 1.165) is 9.77 Å². The molecule has 38 heavy (non-hydrogen) atoms. The first-order valence-electron chi connectivity index (χ1n) is 11.9. The maximum atomic E-state index is 13.4. The van der Waals surface area contributed by atoms with Crippen molar-refractivity contribution in [2.75, 3.05) is 17.7 Å². The lowest BCUT2D eigenvalue weighted by molar-refractivity contribution is -0.113. The fourth-order valence-electron chi connectivity index (χ4n) is 3.50. The molecule has 4 rings (SSSR count). The molecule has 0 spiro atoms. The van der Waals surface area contributed by atoms with Crippen molar-refractivity contribution in [1.82, 2.24) is 5.32 Å². The third-order valence-electron chi connectivity index (χ3n) is 5.31. The number of thioether (sulfide) groups is 1. The number of Topliss-reactive ketones (excluding diaryl/α,β-unsaturated/α-hetero) is 1. The highest BCUT2D eigenvalue weighted by atomic mass is 32.2. The van der Waals surface area contributed by atoms with Gasteiger partial charge in [-0.15, -0.1) is 23.1 Å². The Labute approximate surface area is 229 Å². The summed E-state index contributed by atoms with van der Waals surface area (Å²) in [5.41, 5.74) is 1.70. The number of rotatable bonds is 11. The molecule has 4 aromatic rings. The van der Waals surface area contributed by atoms with Crippen LogP contribution in [0.4, 0.5) is 5.69 Å². The molecule has 0 radical (unpaired) electrons. The van der Waals surface area contributed by atoms with Crippen LogP contribution in [0, 0.1) is 0 Å². The summed E-state index contributed by atoms with van der Waals surface area (Å²) in [4.78, 5) is 40.2. The van der Waals surface area contributed by atoms with Crippen LogP contribution in [0.15, 0.2) is 107 Å². The average molecular weight is 543 g/mol. The van der Waals surface area contributed by atoms with Gasteiger partial charge in [-0.1, -0.05) is 48.5 Å². The SMILES string of the molecule is CCOc1ccccc1/C=C(\NC(=O)c1ccccc1)C(=O)Nc1cccc(SCC(=O)c2cccs2)c1. The Morgan fingerprint density at radius 2 is 1.71 bits per heavy atom. The average Bonchev–Trinajstić information content (AvgIpc) is 3.48. The standard InChI is InChI=1S/C30H26N2O4S2/c1-2-36-27-15-7-6-12-22(27)18-25(32-29(34)21-10-4-3-5-11-21)30(35)31-23-13-8-14-24(19-23)38-20-26(33)28-16-9-17-37-28/h3-19H,2,20H2,1H3,(H,31,35)(H,32,34)/b25-18-. The van der Waals surface area contributed by atoms with Crippen LogP contribution in [0.3, 0.4) is 0 Å². The monoisotopic (exact) mass is 542 g/mol. The molecule has 0 saturated heterocycles. The number of ether oxygens (including phenoxy) is 1. The minimum absolute atomic E-state index is 0.0567. The lowest BCUT2D eigenvalue weighted by Gasteiger charge is -2.13. The third-order valence-corrected chi connectivity index (χ3v) is 7.21. The molecule has 6 nitrogen and oxygen atoms in total. The van der Waals surface area contributed by atoms with Crippen LogP contribution in [0.5, 0.6) is 5.75 Å². The van der Waals surface area contributed by atoms with Gasteiger partial charge in [-0.25, -0.2) is 0 Å². The Balaban J connectivity index is 1.54. The first-order valence-corrected chi connectivity index (χ1v) is 13.8. The van der Waals surface area contributed by atoms with Crippen molar-refractivity contribution in [3.63, 3.8) is 0 Å². The lowest BCUT2D eigenvalue weighted by Crippen LogP contribution is -2.30. The number of benzene rings is 3. The zero-order chi connectivity index (χ0) is 26.7. The zero-order valence-corrected chi connectivity index (χ0v) is 22.3. The van der Waals surface area contributed by atoms with E-state index in [1.165, 1.54) is 23.1 Å².